The number of halogens is 2. The van der Waals surface area contributed by atoms with E-state index in [9.17, 15) is 4.79 Å². The summed E-state index contributed by atoms with van der Waals surface area (Å²) in [4.78, 5) is 13.0. The maximum atomic E-state index is 13.0. The fourth-order valence-corrected chi connectivity index (χ4v) is 4.75. The smallest absolute Gasteiger partial charge is 0.234 e. The molecule has 0 radical (unpaired) electrons. The third-order valence-electron chi connectivity index (χ3n) is 5.44. The second-order valence-electron chi connectivity index (χ2n) is 7.87. The number of carbonyl (C=O) groups is 1. The summed E-state index contributed by atoms with van der Waals surface area (Å²) in [6.07, 6.45) is 0. The first kappa shape index (κ1) is 24.1. The Hall–Kier alpha value is -3.58. The Morgan fingerprint density at radius 2 is 1.39 bits per heavy atom. The van der Waals surface area contributed by atoms with E-state index in [0.29, 0.717) is 21.0 Å². The standard InChI is InChI=1S/C28H20Cl2N4OS/c29-21-12-10-20(11-13-21)27-32-33-28(34(27)23-16-14-22(30)15-17-23)36-18-26(35)31-25-9-5-4-8-24(25)19-6-2-1-3-7-19/h1-17H,18H2,(H,31,35). The predicted octanol–water partition coefficient (Wildman–Crippen LogP) is 7.64. The Morgan fingerprint density at radius 3 is 2.11 bits per heavy atom. The number of nitrogens with one attached hydrogen (secondary N) is 1. The Morgan fingerprint density at radius 1 is 0.750 bits per heavy atom. The van der Waals surface area contributed by atoms with E-state index in [1.165, 1.54) is 11.8 Å². The molecule has 0 aliphatic heterocycles. The average molecular weight is 531 g/mol. The molecule has 0 aliphatic carbocycles. The molecule has 5 nitrogen and oxygen atoms in total. The van der Waals surface area contributed by atoms with Crippen LogP contribution < -0.4 is 5.32 Å². The van der Waals surface area contributed by atoms with E-state index in [4.69, 9.17) is 23.2 Å². The van der Waals surface area contributed by atoms with Crippen molar-refractivity contribution in [3.05, 3.63) is 113 Å². The highest BCUT2D eigenvalue weighted by molar-refractivity contribution is 7.99. The van der Waals surface area contributed by atoms with Gasteiger partial charge in [0.2, 0.25) is 5.91 Å². The summed E-state index contributed by atoms with van der Waals surface area (Å²) in [5.74, 6) is 0.670. The van der Waals surface area contributed by atoms with Gasteiger partial charge in [-0.25, -0.2) is 0 Å². The molecule has 178 valence electrons. The van der Waals surface area contributed by atoms with Gasteiger partial charge < -0.3 is 5.32 Å². The molecule has 1 heterocycles. The molecular formula is C28H20Cl2N4OS. The molecule has 8 heteroatoms. The first-order chi connectivity index (χ1) is 17.6. The molecule has 0 bridgehead atoms. The number of hydrogen-bond acceptors (Lipinski definition) is 4. The van der Waals surface area contributed by atoms with Crippen molar-refractivity contribution >= 4 is 46.6 Å². The topological polar surface area (TPSA) is 59.8 Å². The third kappa shape index (κ3) is 5.46. The SMILES string of the molecule is O=C(CSc1nnc(-c2ccc(Cl)cc2)n1-c1ccc(Cl)cc1)Nc1ccccc1-c1ccccc1. The molecule has 0 unspecified atom stereocenters. The highest BCUT2D eigenvalue weighted by atomic mass is 35.5. The number of carbonyl (C=O) groups excluding carboxylic acids is 1. The average Bonchev–Trinajstić information content (AvgIpc) is 3.33. The zero-order valence-electron chi connectivity index (χ0n) is 18.9. The molecule has 0 spiro atoms. The molecule has 0 saturated heterocycles. The van der Waals surface area contributed by atoms with Crippen LogP contribution in [-0.4, -0.2) is 26.4 Å². The lowest BCUT2D eigenvalue weighted by Crippen LogP contribution is -2.15. The van der Waals surface area contributed by atoms with Gasteiger partial charge in [0.15, 0.2) is 11.0 Å². The van der Waals surface area contributed by atoms with Gasteiger partial charge in [-0.3, -0.25) is 9.36 Å². The fourth-order valence-electron chi connectivity index (χ4n) is 3.75. The number of thioether (sulfide) groups is 1. The summed E-state index contributed by atoms with van der Waals surface area (Å²) < 4.78 is 1.91. The summed E-state index contributed by atoms with van der Waals surface area (Å²) in [5, 5.41) is 13.7. The monoisotopic (exact) mass is 530 g/mol. The van der Waals surface area contributed by atoms with Crippen LogP contribution in [-0.2, 0) is 4.79 Å². The fraction of sp³-hybridized carbons (Fsp3) is 0.0357. The molecule has 0 aliphatic rings. The van der Waals surface area contributed by atoms with Gasteiger partial charge in [-0.15, -0.1) is 10.2 Å². The van der Waals surface area contributed by atoms with Crippen LogP contribution in [0, 0.1) is 0 Å². The lowest BCUT2D eigenvalue weighted by molar-refractivity contribution is -0.113. The summed E-state index contributed by atoms with van der Waals surface area (Å²) in [6.45, 7) is 0. The van der Waals surface area contributed by atoms with Crippen LogP contribution in [0.2, 0.25) is 10.0 Å². The summed E-state index contributed by atoms with van der Waals surface area (Å²) in [6, 6.07) is 32.5. The largest absolute Gasteiger partial charge is 0.325 e. The van der Waals surface area contributed by atoms with Gasteiger partial charge >= 0.3 is 0 Å². The van der Waals surface area contributed by atoms with Crippen LogP contribution in [0.4, 0.5) is 5.69 Å². The number of para-hydroxylation sites is 1. The van der Waals surface area contributed by atoms with Crippen molar-refractivity contribution in [1.82, 2.24) is 14.8 Å². The van der Waals surface area contributed by atoms with Gasteiger partial charge in [0.1, 0.15) is 0 Å². The number of anilines is 1. The molecule has 1 N–H and O–H groups in total. The van der Waals surface area contributed by atoms with Crippen LogP contribution in [0.1, 0.15) is 0 Å². The molecular weight excluding hydrogens is 511 g/mol. The highest BCUT2D eigenvalue weighted by Gasteiger charge is 2.18. The van der Waals surface area contributed by atoms with Gasteiger partial charge in [0.25, 0.3) is 0 Å². The van der Waals surface area contributed by atoms with Gasteiger partial charge in [-0.2, -0.15) is 0 Å². The van der Waals surface area contributed by atoms with E-state index in [1.54, 1.807) is 0 Å². The van der Waals surface area contributed by atoms with E-state index >= 15 is 0 Å². The molecule has 4 aromatic carbocycles. The second-order valence-corrected chi connectivity index (χ2v) is 9.69. The summed E-state index contributed by atoms with van der Waals surface area (Å²) in [7, 11) is 0. The van der Waals surface area contributed by atoms with Crippen molar-refractivity contribution in [2.45, 2.75) is 5.16 Å². The lowest BCUT2D eigenvalue weighted by Gasteiger charge is -2.12. The maximum absolute atomic E-state index is 13.0. The minimum absolute atomic E-state index is 0.137. The lowest BCUT2D eigenvalue weighted by atomic mass is 10.0. The van der Waals surface area contributed by atoms with Crippen molar-refractivity contribution < 1.29 is 4.79 Å². The Balaban J connectivity index is 1.39. The minimum Gasteiger partial charge on any atom is -0.325 e. The van der Waals surface area contributed by atoms with Gasteiger partial charge in [0, 0.05) is 32.5 Å². The molecule has 36 heavy (non-hydrogen) atoms. The van der Waals surface area contributed by atoms with E-state index in [2.05, 4.69) is 15.5 Å². The van der Waals surface area contributed by atoms with Gasteiger partial charge in [-0.1, -0.05) is 83.5 Å². The van der Waals surface area contributed by atoms with Crippen molar-refractivity contribution in [2.75, 3.05) is 11.1 Å². The summed E-state index contributed by atoms with van der Waals surface area (Å²) >= 11 is 13.5. The first-order valence-electron chi connectivity index (χ1n) is 11.1. The van der Waals surface area contributed by atoms with E-state index in [1.807, 2.05) is 108 Å². The normalized spacial score (nSPS) is 10.8. The number of nitrogens with zero attached hydrogens (tertiary/aromatic N) is 3. The molecule has 0 atom stereocenters. The van der Waals surface area contributed by atoms with E-state index < -0.39 is 0 Å². The van der Waals surface area contributed by atoms with Crippen molar-refractivity contribution in [3.63, 3.8) is 0 Å². The predicted molar refractivity (Wildman–Crippen MR) is 148 cm³/mol. The zero-order chi connectivity index (χ0) is 24.9. The quantitative estimate of drug-likeness (QED) is 0.219. The molecule has 1 aromatic heterocycles. The van der Waals surface area contributed by atoms with Gasteiger partial charge in [0.05, 0.1) is 5.75 Å². The number of rotatable bonds is 7. The van der Waals surface area contributed by atoms with Crippen LogP contribution in [0.5, 0.6) is 0 Å². The van der Waals surface area contributed by atoms with Crippen molar-refractivity contribution in [3.8, 4) is 28.2 Å². The third-order valence-corrected chi connectivity index (χ3v) is 6.87. The number of amides is 1. The maximum Gasteiger partial charge on any atom is 0.234 e. The molecule has 5 rings (SSSR count). The first-order valence-corrected chi connectivity index (χ1v) is 12.9. The van der Waals surface area contributed by atoms with Crippen LogP contribution in [0.25, 0.3) is 28.2 Å². The Kier molecular flexibility index (Phi) is 7.37. The number of aromatic nitrogens is 3. The van der Waals surface area contributed by atoms with Gasteiger partial charge in [-0.05, 0) is 60.2 Å². The van der Waals surface area contributed by atoms with Crippen molar-refractivity contribution in [2.24, 2.45) is 0 Å². The molecule has 0 fully saturated rings. The van der Waals surface area contributed by atoms with Crippen LogP contribution in [0.15, 0.2) is 108 Å². The second kappa shape index (κ2) is 11.0. The Bertz CT molecular complexity index is 1490. The van der Waals surface area contributed by atoms with Crippen LogP contribution >= 0.6 is 35.0 Å². The number of hydrogen-bond donors (Lipinski definition) is 1. The Labute approximate surface area is 223 Å². The van der Waals surface area contributed by atoms with Crippen LogP contribution in [0.3, 0.4) is 0 Å². The number of benzene rings is 4. The minimum atomic E-state index is -0.137. The molecule has 0 saturated carbocycles. The zero-order valence-corrected chi connectivity index (χ0v) is 21.3. The molecule has 5 aromatic rings. The van der Waals surface area contributed by atoms with E-state index in [0.717, 1.165) is 28.1 Å². The van der Waals surface area contributed by atoms with Crippen molar-refractivity contribution in [1.29, 1.82) is 0 Å². The summed E-state index contributed by atoms with van der Waals surface area (Å²) in [5.41, 5.74) is 4.46. The highest BCUT2D eigenvalue weighted by Crippen LogP contribution is 2.31. The molecule has 1 amide bonds. The van der Waals surface area contributed by atoms with E-state index in [-0.39, 0.29) is 11.7 Å².